The van der Waals surface area contributed by atoms with E-state index in [4.69, 9.17) is 4.74 Å². The number of benzene rings is 1. The largest absolute Gasteiger partial charge is 0.506 e. The van der Waals surface area contributed by atoms with E-state index in [1.165, 1.54) is 17.7 Å². The quantitative estimate of drug-likeness (QED) is 0.841. The highest BCUT2D eigenvalue weighted by Crippen LogP contribution is 2.32. The smallest absolute Gasteiger partial charge is 0.257 e. The summed E-state index contributed by atoms with van der Waals surface area (Å²) in [5, 5.41) is 20.6. The van der Waals surface area contributed by atoms with E-state index in [0.717, 1.165) is 0 Å². The van der Waals surface area contributed by atoms with E-state index in [2.05, 4.69) is 6.58 Å². The minimum absolute atomic E-state index is 0.0115. The SMILES string of the molecule is C=C(C)C(O)Cc1c(OC)c2cccc(O)c2n(C)c1=O. The topological polar surface area (TPSA) is 71.7 Å². The molecule has 2 N–H and O–H groups in total. The van der Waals surface area contributed by atoms with Gasteiger partial charge in [0, 0.05) is 18.9 Å². The molecule has 0 aliphatic rings. The molecular weight excluding hydrogens is 270 g/mol. The summed E-state index contributed by atoms with van der Waals surface area (Å²) in [4.78, 5) is 12.5. The average Bonchev–Trinajstić information content (AvgIpc) is 2.44. The number of ether oxygens (including phenoxy) is 1. The highest BCUT2D eigenvalue weighted by atomic mass is 16.5. The molecule has 1 aromatic heterocycles. The highest BCUT2D eigenvalue weighted by Gasteiger charge is 2.20. The Morgan fingerprint density at radius 3 is 2.71 bits per heavy atom. The number of phenols is 1. The molecular formula is C16H19NO4. The van der Waals surface area contributed by atoms with E-state index in [9.17, 15) is 15.0 Å². The summed E-state index contributed by atoms with van der Waals surface area (Å²) in [6.45, 7) is 5.40. The van der Waals surface area contributed by atoms with E-state index in [1.807, 2.05) is 0 Å². The molecule has 21 heavy (non-hydrogen) atoms. The summed E-state index contributed by atoms with van der Waals surface area (Å²) in [6, 6.07) is 4.97. The van der Waals surface area contributed by atoms with Crippen molar-refractivity contribution in [1.29, 1.82) is 0 Å². The molecule has 0 aliphatic heterocycles. The van der Waals surface area contributed by atoms with Crippen molar-refractivity contribution < 1.29 is 14.9 Å². The first-order chi connectivity index (χ1) is 9.88. The van der Waals surface area contributed by atoms with Gasteiger partial charge in [-0.05, 0) is 19.1 Å². The molecule has 2 aromatic rings. The van der Waals surface area contributed by atoms with Gasteiger partial charge in [-0.2, -0.15) is 0 Å². The number of rotatable bonds is 4. The second-order valence-corrected chi connectivity index (χ2v) is 5.12. The maximum Gasteiger partial charge on any atom is 0.257 e. The fourth-order valence-corrected chi connectivity index (χ4v) is 2.41. The second-order valence-electron chi connectivity index (χ2n) is 5.12. The van der Waals surface area contributed by atoms with Crippen LogP contribution in [0.5, 0.6) is 11.5 Å². The van der Waals surface area contributed by atoms with Crippen LogP contribution in [0.2, 0.25) is 0 Å². The van der Waals surface area contributed by atoms with Crippen LogP contribution in [0.15, 0.2) is 35.1 Å². The zero-order valence-corrected chi connectivity index (χ0v) is 12.4. The Hall–Kier alpha value is -2.27. The first-order valence-corrected chi connectivity index (χ1v) is 6.59. The number of hydrogen-bond donors (Lipinski definition) is 2. The number of aromatic hydroxyl groups is 1. The minimum atomic E-state index is -0.818. The predicted octanol–water partition coefficient (Wildman–Crippen LogP) is 1.73. The van der Waals surface area contributed by atoms with Crippen LogP contribution in [0.1, 0.15) is 12.5 Å². The summed E-state index contributed by atoms with van der Waals surface area (Å²) in [6.07, 6.45) is -0.696. The first-order valence-electron chi connectivity index (χ1n) is 6.59. The maximum absolute atomic E-state index is 12.5. The lowest BCUT2D eigenvalue weighted by atomic mass is 10.0. The lowest BCUT2D eigenvalue weighted by Crippen LogP contribution is -2.26. The molecule has 5 heteroatoms. The van der Waals surface area contributed by atoms with Crippen molar-refractivity contribution in [2.45, 2.75) is 19.4 Å². The van der Waals surface area contributed by atoms with Crippen molar-refractivity contribution in [3.63, 3.8) is 0 Å². The number of phenolic OH excluding ortho intramolecular Hbond substituents is 1. The third-order valence-corrected chi connectivity index (χ3v) is 3.60. The van der Waals surface area contributed by atoms with Crippen molar-refractivity contribution >= 4 is 10.9 Å². The maximum atomic E-state index is 12.5. The summed E-state index contributed by atoms with van der Waals surface area (Å²) in [7, 11) is 3.05. The fraction of sp³-hybridized carbons (Fsp3) is 0.312. The average molecular weight is 289 g/mol. The van der Waals surface area contributed by atoms with E-state index in [1.54, 1.807) is 26.1 Å². The van der Waals surface area contributed by atoms with Crippen LogP contribution in [0.25, 0.3) is 10.9 Å². The van der Waals surface area contributed by atoms with Gasteiger partial charge in [-0.25, -0.2) is 0 Å². The Morgan fingerprint density at radius 2 is 2.14 bits per heavy atom. The number of para-hydroxylation sites is 1. The number of hydrogen-bond acceptors (Lipinski definition) is 4. The molecule has 1 atom stereocenters. The van der Waals surface area contributed by atoms with Gasteiger partial charge in [-0.15, -0.1) is 0 Å². The summed E-state index contributed by atoms with van der Waals surface area (Å²) < 4.78 is 6.73. The molecule has 5 nitrogen and oxygen atoms in total. The Morgan fingerprint density at radius 1 is 1.48 bits per heavy atom. The predicted molar refractivity (Wildman–Crippen MR) is 81.9 cm³/mol. The lowest BCUT2D eigenvalue weighted by molar-refractivity contribution is 0.210. The molecule has 0 saturated heterocycles. The number of nitrogens with zero attached hydrogens (tertiary/aromatic N) is 1. The molecule has 0 spiro atoms. The number of aliphatic hydroxyl groups excluding tert-OH is 1. The zero-order valence-electron chi connectivity index (χ0n) is 12.4. The monoisotopic (exact) mass is 289 g/mol. The second kappa shape index (κ2) is 5.61. The van der Waals surface area contributed by atoms with E-state index >= 15 is 0 Å². The molecule has 1 unspecified atom stereocenters. The van der Waals surface area contributed by atoms with Gasteiger partial charge >= 0.3 is 0 Å². The van der Waals surface area contributed by atoms with Crippen molar-refractivity contribution in [3.05, 3.63) is 46.3 Å². The summed E-state index contributed by atoms with van der Waals surface area (Å²) in [5.41, 5.74) is 1.05. The number of pyridine rings is 1. The zero-order chi connectivity index (χ0) is 15.7. The number of aryl methyl sites for hydroxylation is 1. The summed E-state index contributed by atoms with van der Waals surface area (Å²) >= 11 is 0. The van der Waals surface area contributed by atoms with Gasteiger partial charge in [0.05, 0.1) is 24.3 Å². The van der Waals surface area contributed by atoms with Crippen molar-refractivity contribution in [2.75, 3.05) is 7.11 Å². The first kappa shape index (κ1) is 15.1. The number of fused-ring (bicyclic) bond motifs is 1. The molecule has 1 aromatic carbocycles. The van der Waals surface area contributed by atoms with Crippen LogP contribution in [0, 0.1) is 0 Å². The van der Waals surface area contributed by atoms with Crippen LogP contribution in [-0.2, 0) is 13.5 Å². The molecule has 0 aliphatic carbocycles. The molecule has 112 valence electrons. The normalized spacial score (nSPS) is 12.4. The van der Waals surface area contributed by atoms with Crippen LogP contribution in [-0.4, -0.2) is 28.0 Å². The Balaban J connectivity index is 2.80. The van der Waals surface area contributed by atoms with Gasteiger partial charge in [0.15, 0.2) is 0 Å². The Kier molecular flexibility index (Phi) is 4.04. The third-order valence-electron chi connectivity index (χ3n) is 3.60. The summed E-state index contributed by atoms with van der Waals surface area (Å²) in [5.74, 6) is 0.390. The van der Waals surface area contributed by atoms with E-state index in [0.29, 0.717) is 27.8 Å². The van der Waals surface area contributed by atoms with Gasteiger partial charge in [0.1, 0.15) is 11.5 Å². The van der Waals surface area contributed by atoms with Gasteiger partial charge in [-0.1, -0.05) is 18.2 Å². The van der Waals surface area contributed by atoms with Gasteiger partial charge in [0.2, 0.25) is 0 Å². The van der Waals surface area contributed by atoms with E-state index < -0.39 is 6.10 Å². The fourth-order valence-electron chi connectivity index (χ4n) is 2.41. The highest BCUT2D eigenvalue weighted by molar-refractivity contribution is 5.91. The van der Waals surface area contributed by atoms with Gasteiger partial charge in [-0.3, -0.25) is 4.79 Å². The van der Waals surface area contributed by atoms with Crippen LogP contribution < -0.4 is 10.3 Å². The molecule has 0 saturated carbocycles. The van der Waals surface area contributed by atoms with Crippen LogP contribution in [0.4, 0.5) is 0 Å². The van der Waals surface area contributed by atoms with Crippen molar-refractivity contribution in [2.24, 2.45) is 7.05 Å². The number of aliphatic hydroxyl groups is 1. The van der Waals surface area contributed by atoms with E-state index in [-0.39, 0.29) is 17.7 Å². The van der Waals surface area contributed by atoms with Gasteiger partial charge < -0.3 is 19.5 Å². The lowest BCUT2D eigenvalue weighted by Gasteiger charge is -2.17. The van der Waals surface area contributed by atoms with Crippen molar-refractivity contribution in [3.8, 4) is 11.5 Å². The van der Waals surface area contributed by atoms with Gasteiger partial charge in [0.25, 0.3) is 5.56 Å². The van der Waals surface area contributed by atoms with Crippen LogP contribution in [0.3, 0.4) is 0 Å². The molecule has 0 fully saturated rings. The number of methoxy groups -OCH3 is 1. The number of aromatic nitrogens is 1. The Labute approximate surface area is 122 Å². The molecule has 1 heterocycles. The Bertz CT molecular complexity index is 761. The molecule has 0 amide bonds. The van der Waals surface area contributed by atoms with Crippen molar-refractivity contribution in [1.82, 2.24) is 4.57 Å². The minimum Gasteiger partial charge on any atom is -0.506 e. The molecule has 0 radical (unpaired) electrons. The third kappa shape index (κ3) is 2.52. The van der Waals surface area contributed by atoms with Crippen LogP contribution >= 0.6 is 0 Å². The standard InChI is InChI=1S/C16H19NO4/c1-9(2)13(19)8-11-15(21-4)10-6-5-7-12(18)14(10)17(3)16(11)20/h5-7,13,18-19H,1,8H2,2-4H3. The molecule has 2 rings (SSSR count). The molecule has 0 bridgehead atoms.